The maximum atomic E-state index is 15.6. The zero-order valence-electron chi connectivity index (χ0n) is 23.0. The Bertz CT molecular complexity index is 1400. The average Bonchev–Trinajstić information content (AvgIpc) is 2.90. The summed E-state index contributed by atoms with van der Waals surface area (Å²) >= 11 is 0. The number of rotatable bonds is 7. The molecule has 0 bridgehead atoms. The Labute approximate surface area is 236 Å². The van der Waals surface area contributed by atoms with Crippen molar-refractivity contribution in [1.82, 2.24) is 9.21 Å². The van der Waals surface area contributed by atoms with Gasteiger partial charge in [0.15, 0.2) is 0 Å². The fourth-order valence-electron chi connectivity index (χ4n) is 5.33. The van der Waals surface area contributed by atoms with E-state index in [9.17, 15) is 26.8 Å². The number of anilines is 1. The van der Waals surface area contributed by atoms with E-state index < -0.39 is 57.0 Å². The first-order chi connectivity index (χ1) is 19.2. The quantitative estimate of drug-likeness (QED) is 0.479. The van der Waals surface area contributed by atoms with Crippen LogP contribution in [0, 0.1) is 24.5 Å². The highest BCUT2D eigenvalue weighted by molar-refractivity contribution is 7.89. The number of benzene rings is 2. The molecule has 2 aromatic rings. The fraction of sp³-hybridized carbons (Fsp3) is 0.500. The Morgan fingerprint density at radius 3 is 2.22 bits per heavy atom. The van der Waals surface area contributed by atoms with E-state index in [1.807, 2.05) is 0 Å². The highest BCUT2D eigenvalue weighted by atomic mass is 32.2. The number of aryl methyl sites for hydroxylation is 1. The monoisotopic (exact) mass is 599 g/mol. The first-order valence-electron chi connectivity index (χ1n) is 13.3. The molecule has 41 heavy (non-hydrogen) atoms. The second-order valence-electron chi connectivity index (χ2n) is 10.7. The Morgan fingerprint density at radius 1 is 1.00 bits per heavy atom. The third-order valence-electron chi connectivity index (χ3n) is 7.55. The number of hydrogen-bond donors (Lipinski definition) is 1. The summed E-state index contributed by atoms with van der Waals surface area (Å²) in [5.74, 6) is -8.92. The van der Waals surface area contributed by atoms with Gasteiger partial charge < -0.3 is 15.0 Å². The summed E-state index contributed by atoms with van der Waals surface area (Å²) in [6.07, 6.45) is 1.22. The molecule has 0 aliphatic carbocycles. The molecule has 13 heteroatoms. The van der Waals surface area contributed by atoms with Gasteiger partial charge in [0.1, 0.15) is 11.6 Å². The topological polar surface area (TPSA) is 96.0 Å². The first kappa shape index (κ1) is 30.9. The number of ether oxygens (including phenoxy) is 1. The van der Waals surface area contributed by atoms with Gasteiger partial charge in [0.25, 0.3) is 11.8 Å². The minimum Gasteiger partial charge on any atom is -0.381 e. The molecule has 0 unspecified atom stereocenters. The van der Waals surface area contributed by atoms with E-state index in [1.54, 1.807) is 0 Å². The summed E-state index contributed by atoms with van der Waals surface area (Å²) in [6.45, 7) is 5.01. The summed E-state index contributed by atoms with van der Waals surface area (Å²) in [7, 11) is -3.71. The molecule has 224 valence electrons. The van der Waals surface area contributed by atoms with Crippen molar-refractivity contribution >= 4 is 27.5 Å². The van der Waals surface area contributed by atoms with Gasteiger partial charge in [-0.15, -0.1) is 0 Å². The van der Waals surface area contributed by atoms with Crippen LogP contribution >= 0.6 is 0 Å². The summed E-state index contributed by atoms with van der Waals surface area (Å²) in [5.41, 5.74) is -1.16. The number of piperazine rings is 1. The predicted octanol–water partition coefficient (Wildman–Crippen LogP) is 4.29. The van der Waals surface area contributed by atoms with E-state index in [1.165, 1.54) is 37.2 Å². The van der Waals surface area contributed by atoms with Crippen molar-refractivity contribution in [2.24, 2.45) is 5.92 Å². The number of amides is 2. The van der Waals surface area contributed by atoms with Crippen molar-refractivity contribution in [3.8, 4) is 0 Å². The SMILES string of the molecule is Cc1cc(NC(=O)c2ccc(F)c(C(F)(F)C(=O)N3[C@H](C)CN(S(=O)(=O)CC4CCOCC4)C[C@@H]3C)c2)ccc1F. The third kappa shape index (κ3) is 6.73. The van der Waals surface area contributed by atoms with Gasteiger partial charge in [0.2, 0.25) is 10.0 Å². The van der Waals surface area contributed by atoms with Gasteiger partial charge in [-0.2, -0.15) is 13.1 Å². The Hall–Kier alpha value is -3.03. The number of nitrogens with zero attached hydrogens (tertiary/aromatic N) is 2. The van der Waals surface area contributed by atoms with Crippen LogP contribution in [-0.4, -0.2) is 73.6 Å². The minimum absolute atomic E-state index is 0.0668. The zero-order chi connectivity index (χ0) is 30.1. The molecule has 2 aliphatic rings. The number of sulfonamides is 1. The van der Waals surface area contributed by atoms with Gasteiger partial charge in [-0.3, -0.25) is 9.59 Å². The van der Waals surface area contributed by atoms with Crippen LogP contribution in [-0.2, 0) is 25.5 Å². The maximum Gasteiger partial charge on any atom is 0.352 e. The molecule has 2 heterocycles. The van der Waals surface area contributed by atoms with E-state index in [0.29, 0.717) is 38.2 Å². The second-order valence-corrected chi connectivity index (χ2v) is 12.8. The lowest BCUT2D eigenvalue weighted by molar-refractivity contribution is -0.166. The van der Waals surface area contributed by atoms with Gasteiger partial charge >= 0.3 is 5.92 Å². The molecule has 2 aliphatic heterocycles. The lowest BCUT2D eigenvalue weighted by Gasteiger charge is -2.45. The van der Waals surface area contributed by atoms with Crippen molar-refractivity contribution in [3.05, 3.63) is 64.7 Å². The number of carbonyl (C=O) groups excluding carboxylic acids is 2. The third-order valence-corrected chi connectivity index (χ3v) is 9.53. The van der Waals surface area contributed by atoms with Gasteiger partial charge in [0.05, 0.1) is 11.3 Å². The molecule has 2 fully saturated rings. The van der Waals surface area contributed by atoms with Crippen LogP contribution in [0.15, 0.2) is 36.4 Å². The number of halogens is 4. The van der Waals surface area contributed by atoms with Gasteiger partial charge in [-0.05, 0) is 81.5 Å². The molecule has 0 saturated carbocycles. The van der Waals surface area contributed by atoms with Gasteiger partial charge in [-0.1, -0.05) is 0 Å². The van der Waals surface area contributed by atoms with Gasteiger partial charge in [0, 0.05) is 49.6 Å². The summed E-state index contributed by atoms with van der Waals surface area (Å²) in [6, 6.07) is 4.22. The molecule has 2 aromatic carbocycles. The van der Waals surface area contributed by atoms with Crippen molar-refractivity contribution in [1.29, 1.82) is 0 Å². The zero-order valence-corrected chi connectivity index (χ0v) is 23.8. The number of alkyl halides is 2. The molecule has 2 amide bonds. The maximum absolute atomic E-state index is 15.6. The highest BCUT2D eigenvalue weighted by Gasteiger charge is 2.50. The van der Waals surface area contributed by atoms with Crippen LogP contribution in [0.2, 0.25) is 0 Å². The molecule has 0 radical (unpaired) electrons. The van der Waals surface area contributed by atoms with E-state index in [2.05, 4.69) is 5.32 Å². The van der Waals surface area contributed by atoms with Crippen molar-refractivity contribution in [3.63, 3.8) is 0 Å². The number of hydrogen-bond acceptors (Lipinski definition) is 5. The van der Waals surface area contributed by atoms with Crippen LogP contribution in [0.1, 0.15) is 48.2 Å². The molecule has 2 atom stereocenters. The van der Waals surface area contributed by atoms with Crippen LogP contribution in [0.4, 0.5) is 23.2 Å². The Morgan fingerprint density at radius 2 is 1.61 bits per heavy atom. The molecule has 0 spiro atoms. The van der Waals surface area contributed by atoms with Crippen LogP contribution in [0.25, 0.3) is 0 Å². The van der Waals surface area contributed by atoms with Crippen molar-refractivity contribution in [2.75, 3.05) is 37.4 Å². The van der Waals surface area contributed by atoms with Crippen LogP contribution in [0.3, 0.4) is 0 Å². The Balaban J connectivity index is 1.50. The smallest absolute Gasteiger partial charge is 0.352 e. The fourth-order valence-corrected chi connectivity index (χ4v) is 7.35. The van der Waals surface area contributed by atoms with E-state index in [-0.39, 0.29) is 41.6 Å². The predicted molar refractivity (Wildman–Crippen MR) is 144 cm³/mol. The lowest BCUT2D eigenvalue weighted by atomic mass is 10.0. The largest absolute Gasteiger partial charge is 0.381 e. The lowest BCUT2D eigenvalue weighted by Crippen LogP contribution is -2.62. The molecule has 4 rings (SSSR count). The summed E-state index contributed by atoms with van der Waals surface area (Å²) in [4.78, 5) is 26.8. The number of carbonyl (C=O) groups is 2. The molecule has 1 N–H and O–H groups in total. The molecule has 2 saturated heterocycles. The number of nitrogens with one attached hydrogen (secondary N) is 1. The van der Waals surface area contributed by atoms with Crippen LogP contribution < -0.4 is 5.32 Å². The highest BCUT2D eigenvalue weighted by Crippen LogP contribution is 2.36. The standard InChI is InChI=1S/C28H33F4N3O5S/c1-17-12-22(5-7-24(17)29)33-26(36)21-4-6-25(30)23(13-21)28(31,32)27(37)35-18(2)14-34(15-19(35)3)41(38,39)16-20-8-10-40-11-9-20/h4-7,12-13,18-20H,8-11,14-16H2,1-3H3,(H,33,36)/t18-,19+. The van der Waals surface area contributed by atoms with Crippen LogP contribution in [0.5, 0.6) is 0 Å². The summed E-state index contributed by atoms with van der Waals surface area (Å²) in [5, 5.41) is 2.44. The second kappa shape index (κ2) is 12.1. The first-order valence-corrected chi connectivity index (χ1v) is 14.9. The van der Waals surface area contributed by atoms with E-state index >= 15 is 8.78 Å². The van der Waals surface area contributed by atoms with Crippen molar-refractivity contribution in [2.45, 2.75) is 51.6 Å². The van der Waals surface area contributed by atoms with E-state index in [4.69, 9.17) is 4.74 Å². The van der Waals surface area contributed by atoms with Crippen molar-refractivity contribution < 1.29 is 40.3 Å². The van der Waals surface area contributed by atoms with Gasteiger partial charge in [-0.25, -0.2) is 17.2 Å². The average molecular weight is 600 g/mol. The summed E-state index contributed by atoms with van der Waals surface area (Å²) < 4.78 is 92.1. The molecule has 8 nitrogen and oxygen atoms in total. The van der Waals surface area contributed by atoms with E-state index in [0.717, 1.165) is 17.0 Å². The minimum atomic E-state index is -4.35. The molecular weight excluding hydrogens is 566 g/mol. The molecular formula is C28H33F4N3O5S. The normalized spacial score (nSPS) is 21.1. The molecule has 0 aromatic heterocycles. The Kier molecular flexibility index (Phi) is 9.10.